The van der Waals surface area contributed by atoms with Crippen LogP contribution in [0.2, 0.25) is 0 Å². The summed E-state index contributed by atoms with van der Waals surface area (Å²) in [4.78, 5) is 23.3. The summed E-state index contributed by atoms with van der Waals surface area (Å²) < 4.78 is 4.77. The van der Waals surface area contributed by atoms with Crippen molar-refractivity contribution in [1.82, 2.24) is 10.6 Å². The van der Waals surface area contributed by atoms with Crippen molar-refractivity contribution in [3.05, 3.63) is 60.2 Å². The number of esters is 1. The molecule has 2 aromatic carbocycles. The number of ether oxygens (including phenoxy) is 1. The van der Waals surface area contributed by atoms with Gasteiger partial charge in [0, 0.05) is 19.5 Å². The average Bonchev–Trinajstić information content (AvgIpc) is 3.02. The first kappa shape index (κ1) is 17.2. The van der Waals surface area contributed by atoms with E-state index in [-0.39, 0.29) is 24.7 Å². The molecule has 0 aliphatic carbocycles. The molecule has 1 fully saturated rings. The topological polar surface area (TPSA) is 67.4 Å². The predicted octanol–water partition coefficient (Wildman–Crippen LogP) is 2.26. The standard InChI is InChI=1S/C20H22N2O3/c1-25-19(24)12-20(11-18(23)21-14-20)22-13-15-7-9-17(10-8-15)16-5-3-2-4-6-16/h2-10,22H,11-14H2,1H3,(H,21,23). The highest BCUT2D eigenvalue weighted by atomic mass is 16.5. The van der Waals surface area contributed by atoms with Crippen LogP contribution in [0.25, 0.3) is 11.1 Å². The molecule has 1 saturated heterocycles. The molecule has 0 bridgehead atoms. The minimum absolute atomic E-state index is 0.0455. The van der Waals surface area contributed by atoms with E-state index in [4.69, 9.17) is 4.74 Å². The van der Waals surface area contributed by atoms with Crippen LogP contribution >= 0.6 is 0 Å². The van der Waals surface area contributed by atoms with Gasteiger partial charge in [-0.1, -0.05) is 54.6 Å². The second-order valence-corrected chi connectivity index (χ2v) is 6.40. The Kier molecular flexibility index (Phi) is 5.14. The van der Waals surface area contributed by atoms with Crippen LogP contribution in [0.3, 0.4) is 0 Å². The predicted molar refractivity (Wildman–Crippen MR) is 95.7 cm³/mol. The van der Waals surface area contributed by atoms with E-state index in [1.165, 1.54) is 12.7 Å². The van der Waals surface area contributed by atoms with Crippen LogP contribution in [0.4, 0.5) is 0 Å². The molecule has 0 saturated carbocycles. The molecular weight excluding hydrogens is 316 g/mol. The van der Waals surface area contributed by atoms with E-state index < -0.39 is 5.54 Å². The zero-order valence-corrected chi connectivity index (χ0v) is 14.2. The van der Waals surface area contributed by atoms with Gasteiger partial charge in [0.25, 0.3) is 0 Å². The zero-order chi connectivity index (χ0) is 17.7. The van der Waals surface area contributed by atoms with Crippen molar-refractivity contribution in [3.8, 4) is 11.1 Å². The highest BCUT2D eigenvalue weighted by Crippen LogP contribution is 2.23. The fourth-order valence-electron chi connectivity index (χ4n) is 3.10. The summed E-state index contributed by atoms with van der Waals surface area (Å²) in [6.45, 7) is 1.02. The molecule has 1 aliphatic rings. The molecule has 1 aliphatic heterocycles. The Morgan fingerprint density at radius 3 is 2.40 bits per heavy atom. The lowest BCUT2D eigenvalue weighted by molar-refractivity contribution is -0.142. The van der Waals surface area contributed by atoms with Crippen LogP contribution in [0.5, 0.6) is 0 Å². The van der Waals surface area contributed by atoms with Crippen LogP contribution in [-0.4, -0.2) is 31.1 Å². The fraction of sp³-hybridized carbons (Fsp3) is 0.300. The number of methoxy groups -OCH3 is 1. The lowest BCUT2D eigenvalue weighted by Gasteiger charge is -2.27. The van der Waals surface area contributed by atoms with Gasteiger partial charge in [0.1, 0.15) is 0 Å². The number of carbonyl (C=O) groups is 2. The molecule has 5 nitrogen and oxygen atoms in total. The largest absolute Gasteiger partial charge is 0.469 e. The molecule has 0 spiro atoms. The summed E-state index contributed by atoms with van der Waals surface area (Å²) in [6.07, 6.45) is 0.453. The quantitative estimate of drug-likeness (QED) is 0.793. The number of hydrogen-bond acceptors (Lipinski definition) is 4. The molecule has 1 amide bonds. The van der Waals surface area contributed by atoms with E-state index in [2.05, 4.69) is 47.0 Å². The van der Waals surface area contributed by atoms with E-state index in [0.29, 0.717) is 13.1 Å². The van der Waals surface area contributed by atoms with Crippen LogP contribution in [0.1, 0.15) is 18.4 Å². The maximum atomic E-state index is 11.7. The van der Waals surface area contributed by atoms with Crippen molar-refractivity contribution >= 4 is 11.9 Å². The van der Waals surface area contributed by atoms with Crippen molar-refractivity contribution in [3.63, 3.8) is 0 Å². The molecule has 2 N–H and O–H groups in total. The molecule has 130 valence electrons. The summed E-state index contributed by atoms with van der Waals surface area (Å²) in [7, 11) is 1.36. The molecule has 1 atom stereocenters. The van der Waals surface area contributed by atoms with Gasteiger partial charge >= 0.3 is 5.97 Å². The maximum Gasteiger partial charge on any atom is 0.307 e. The Labute approximate surface area is 147 Å². The monoisotopic (exact) mass is 338 g/mol. The summed E-state index contributed by atoms with van der Waals surface area (Å²) in [5, 5.41) is 6.18. The number of nitrogens with one attached hydrogen (secondary N) is 2. The fourth-order valence-corrected chi connectivity index (χ4v) is 3.10. The number of amides is 1. The maximum absolute atomic E-state index is 11.7. The molecule has 1 unspecified atom stereocenters. The highest BCUT2D eigenvalue weighted by Gasteiger charge is 2.40. The van der Waals surface area contributed by atoms with Crippen molar-refractivity contribution in [2.45, 2.75) is 24.9 Å². The van der Waals surface area contributed by atoms with Gasteiger partial charge < -0.3 is 15.4 Å². The molecule has 25 heavy (non-hydrogen) atoms. The van der Waals surface area contributed by atoms with E-state index in [1.54, 1.807) is 0 Å². The molecular formula is C20H22N2O3. The van der Waals surface area contributed by atoms with Crippen molar-refractivity contribution < 1.29 is 14.3 Å². The third kappa shape index (κ3) is 4.25. The van der Waals surface area contributed by atoms with Gasteiger partial charge in [0.2, 0.25) is 5.91 Å². The number of hydrogen-bond donors (Lipinski definition) is 2. The molecule has 0 aromatic heterocycles. The lowest BCUT2D eigenvalue weighted by Crippen LogP contribution is -2.48. The summed E-state index contributed by atoms with van der Waals surface area (Å²) in [5.41, 5.74) is 2.85. The third-order valence-electron chi connectivity index (χ3n) is 4.56. The second-order valence-electron chi connectivity index (χ2n) is 6.40. The lowest BCUT2D eigenvalue weighted by atomic mass is 9.93. The zero-order valence-electron chi connectivity index (χ0n) is 14.2. The summed E-state index contributed by atoms with van der Waals surface area (Å²) >= 11 is 0. The normalized spacial score (nSPS) is 19.5. The van der Waals surface area contributed by atoms with E-state index >= 15 is 0 Å². The Bertz CT molecular complexity index is 743. The van der Waals surface area contributed by atoms with Crippen molar-refractivity contribution in [1.29, 1.82) is 0 Å². The summed E-state index contributed by atoms with van der Waals surface area (Å²) in [5.74, 6) is -0.362. The molecule has 3 rings (SSSR count). The number of carbonyl (C=O) groups excluding carboxylic acids is 2. The number of benzene rings is 2. The Morgan fingerprint density at radius 1 is 1.12 bits per heavy atom. The van der Waals surface area contributed by atoms with Gasteiger partial charge in [-0.15, -0.1) is 0 Å². The second kappa shape index (κ2) is 7.49. The average molecular weight is 338 g/mol. The van der Waals surface area contributed by atoms with Gasteiger partial charge in [-0.3, -0.25) is 9.59 Å². The first-order valence-corrected chi connectivity index (χ1v) is 8.33. The van der Waals surface area contributed by atoms with Crippen LogP contribution < -0.4 is 10.6 Å². The van der Waals surface area contributed by atoms with E-state index in [1.807, 2.05) is 18.2 Å². The molecule has 0 radical (unpaired) electrons. The Hall–Kier alpha value is -2.66. The minimum atomic E-state index is -0.581. The smallest absolute Gasteiger partial charge is 0.307 e. The first-order chi connectivity index (χ1) is 12.1. The molecule has 1 heterocycles. The van der Waals surface area contributed by atoms with Gasteiger partial charge in [0.05, 0.1) is 19.1 Å². The highest BCUT2D eigenvalue weighted by molar-refractivity contribution is 5.82. The van der Waals surface area contributed by atoms with E-state index in [0.717, 1.165) is 11.1 Å². The van der Waals surface area contributed by atoms with Crippen LogP contribution in [0.15, 0.2) is 54.6 Å². The minimum Gasteiger partial charge on any atom is -0.469 e. The first-order valence-electron chi connectivity index (χ1n) is 8.33. The number of rotatable bonds is 6. The van der Waals surface area contributed by atoms with Gasteiger partial charge in [-0.2, -0.15) is 0 Å². The Balaban J connectivity index is 1.67. The SMILES string of the molecule is COC(=O)CC1(NCc2ccc(-c3ccccc3)cc2)CNC(=O)C1. The van der Waals surface area contributed by atoms with Crippen molar-refractivity contribution in [2.24, 2.45) is 0 Å². The molecule has 5 heteroatoms. The summed E-state index contributed by atoms with van der Waals surface area (Å²) in [6, 6.07) is 18.5. The van der Waals surface area contributed by atoms with Gasteiger partial charge in [-0.05, 0) is 16.7 Å². The van der Waals surface area contributed by atoms with Gasteiger partial charge in [0.15, 0.2) is 0 Å². The third-order valence-corrected chi connectivity index (χ3v) is 4.56. The Morgan fingerprint density at radius 2 is 1.80 bits per heavy atom. The van der Waals surface area contributed by atoms with Crippen LogP contribution in [0, 0.1) is 0 Å². The van der Waals surface area contributed by atoms with Crippen molar-refractivity contribution in [2.75, 3.05) is 13.7 Å². The van der Waals surface area contributed by atoms with Gasteiger partial charge in [-0.25, -0.2) is 0 Å². The molecule has 2 aromatic rings. The van der Waals surface area contributed by atoms with E-state index in [9.17, 15) is 9.59 Å². The van der Waals surface area contributed by atoms with Crippen LogP contribution in [-0.2, 0) is 20.9 Å².